The van der Waals surface area contributed by atoms with Gasteiger partial charge >= 0.3 is 0 Å². The molecule has 0 saturated carbocycles. The summed E-state index contributed by atoms with van der Waals surface area (Å²) in [6.45, 7) is 3.93. The fourth-order valence-corrected chi connectivity index (χ4v) is 1.49. The van der Waals surface area contributed by atoms with E-state index >= 15 is 0 Å². The summed E-state index contributed by atoms with van der Waals surface area (Å²) in [7, 11) is 0. The zero-order valence-corrected chi connectivity index (χ0v) is 8.88. The van der Waals surface area contributed by atoms with Gasteiger partial charge in [-0.25, -0.2) is 0 Å². The predicted molar refractivity (Wildman–Crippen MR) is 57.7 cm³/mol. The maximum absolute atomic E-state index is 9.63. The highest BCUT2D eigenvalue weighted by atomic mass is 16.3. The van der Waals surface area contributed by atoms with Crippen molar-refractivity contribution in [2.24, 2.45) is 0 Å². The molecule has 0 saturated heterocycles. The van der Waals surface area contributed by atoms with Gasteiger partial charge in [0.25, 0.3) is 0 Å². The second-order valence-electron chi connectivity index (χ2n) is 3.70. The maximum Gasteiger partial charge on any atom is 0.160 e. The van der Waals surface area contributed by atoms with E-state index in [1.54, 1.807) is 6.92 Å². The van der Waals surface area contributed by atoms with Crippen molar-refractivity contribution in [2.45, 2.75) is 39.5 Å². The van der Waals surface area contributed by atoms with Crippen LogP contribution >= 0.6 is 0 Å². The highest BCUT2D eigenvalue weighted by Crippen LogP contribution is 2.32. The SMILES string of the molecule is CCCCCc1ccc(C)c(O)c1O. The molecule has 14 heavy (non-hydrogen) atoms. The molecule has 0 atom stereocenters. The van der Waals surface area contributed by atoms with Crippen LogP contribution in [0.15, 0.2) is 12.1 Å². The summed E-state index contributed by atoms with van der Waals surface area (Å²) in [6, 6.07) is 3.73. The first-order chi connectivity index (χ1) is 6.66. The molecule has 2 N–H and O–H groups in total. The van der Waals surface area contributed by atoms with Crippen molar-refractivity contribution in [3.05, 3.63) is 23.3 Å². The van der Waals surface area contributed by atoms with Gasteiger partial charge in [0.2, 0.25) is 0 Å². The molecule has 0 unspecified atom stereocenters. The standard InChI is InChI=1S/C12H18O2/c1-3-4-5-6-10-8-7-9(2)11(13)12(10)14/h7-8,13-14H,3-6H2,1-2H3. The van der Waals surface area contributed by atoms with Crippen molar-refractivity contribution >= 4 is 0 Å². The Morgan fingerprint density at radius 2 is 1.79 bits per heavy atom. The van der Waals surface area contributed by atoms with Crippen LogP contribution in [0.1, 0.15) is 37.3 Å². The molecule has 0 spiro atoms. The summed E-state index contributed by atoms with van der Waals surface area (Å²) in [5.74, 6) is 0.0834. The van der Waals surface area contributed by atoms with Crippen molar-refractivity contribution in [3.8, 4) is 11.5 Å². The average Bonchev–Trinajstić information content (AvgIpc) is 2.18. The molecule has 0 aliphatic carbocycles. The Balaban J connectivity index is 2.73. The Labute approximate surface area is 85.2 Å². The number of phenolic OH excluding ortho intramolecular Hbond substituents is 2. The topological polar surface area (TPSA) is 40.5 Å². The van der Waals surface area contributed by atoms with Crippen LogP contribution in [0.2, 0.25) is 0 Å². The van der Waals surface area contributed by atoms with Gasteiger partial charge in [0.15, 0.2) is 11.5 Å². The van der Waals surface area contributed by atoms with E-state index in [0.29, 0.717) is 0 Å². The van der Waals surface area contributed by atoms with Crippen molar-refractivity contribution in [1.29, 1.82) is 0 Å². The van der Waals surface area contributed by atoms with Gasteiger partial charge in [0.1, 0.15) is 0 Å². The number of aromatic hydroxyl groups is 2. The first kappa shape index (κ1) is 10.9. The van der Waals surface area contributed by atoms with E-state index in [2.05, 4.69) is 6.92 Å². The molecular weight excluding hydrogens is 176 g/mol. The van der Waals surface area contributed by atoms with E-state index in [1.165, 1.54) is 6.42 Å². The third-order valence-corrected chi connectivity index (χ3v) is 2.49. The minimum atomic E-state index is 0.0269. The molecule has 1 aromatic carbocycles. The number of rotatable bonds is 4. The summed E-state index contributed by atoms with van der Waals surface area (Å²) in [5, 5.41) is 19.1. The fraction of sp³-hybridized carbons (Fsp3) is 0.500. The quantitative estimate of drug-likeness (QED) is 0.571. The molecule has 1 rings (SSSR count). The molecule has 0 aromatic heterocycles. The van der Waals surface area contributed by atoms with Crippen LogP contribution in [0.5, 0.6) is 11.5 Å². The Bertz CT molecular complexity index is 305. The van der Waals surface area contributed by atoms with Gasteiger partial charge in [0, 0.05) is 0 Å². The lowest BCUT2D eigenvalue weighted by Gasteiger charge is -2.07. The first-order valence-electron chi connectivity index (χ1n) is 5.17. The predicted octanol–water partition coefficient (Wildman–Crippen LogP) is 3.14. The monoisotopic (exact) mass is 194 g/mol. The summed E-state index contributed by atoms with van der Waals surface area (Å²) in [6.07, 6.45) is 4.23. The normalized spacial score (nSPS) is 10.4. The van der Waals surface area contributed by atoms with Gasteiger partial charge in [0.05, 0.1) is 0 Å². The number of hydrogen-bond acceptors (Lipinski definition) is 2. The molecule has 1 aromatic rings. The van der Waals surface area contributed by atoms with Gasteiger partial charge in [-0.2, -0.15) is 0 Å². The number of unbranched alkanes of at least 4 members (excludes halogenated alkanes) is 2. The maximum atomic E-state index is 9.63. The highest BCUT2D eigenvalue weighted by molar-refractivity contribution is 5.49. The molecule has 0 bridgehead atoms. The van der Waals surface area contributed by atoms with Crippen molar-refractivity contribution in [2.75, 3.05) is 0 Å². The molecular formula is C12H18O2. The van der Waals surface area contributed by atoms with Crippen molar-refractivity contribution in [3.63, 3.8) is 0 Å². The molecule has 2 heteroatoms. The van der Waals surface area contributed by atoms with Crippen LogP contribution in [0.3, 0.4) is 0 Å². The van der Waals surface area contributed by atoms with E-state index in [4.69, 9.17) is 0 Å². The summed E-state index contributed by atoms with van der Waals surface area (Å²) in [4.78, 5) is 0. The molecule has 0 aliphatic heterocycles. The van der Waals surface area contributed by atoms with E-state index in [-0.39, 0.29) is 11.5 Å². The van der Waals surface area contributed by atoms with Crippen LogP contribution in [0, 0.1) is 6.92 Å². The lowest BCUT2D eigenvalue weighted by atomic mass is 10.0. The Morgan fingerprint density at radius 3 is 2.43 bits per heavy atom. The lowest BCUT2D eigenvalue weighted by Crippen LogP contribution is -1.88. The van der Waals surface area contributed by atoms with Crippen LogP contribution < -0.4 is 0 Å². The molecule has 78 valence electrons. The second-order valence-corrected chi connectivity index (χ2v) is 3.70. The van der Waals surface area contributed by atoms with Gasteiger partial charge in [-0.3, -0.25) is 0 Å². The lowest BCUT2D eigenvalue weighted by molar-refractivity contribution is 0.396. The Kier molecular flexibility index (Phi) is 3.81. The van der Waals surface area contributed by atoms with Gasteiger partial charge in [-0.1, -0.05) is 31.9 Å². The van der Waals surface area contributed by atoms with Crippen molar-refractivity contribution in [1.82, 2.24) is 0 Å². The van der Waals surface area contributed by atoms with E-state index in [1.807, 2.05) is 12.1 Å². The van der Waals surface area contributed by atoms with E-state index in [0.717, 1.165) is 30.4 Å². The van der Waals surface area contributed by atoms with Gasteiger partial charge in [-0.05, 0) is 30.9 Å². The van der Waals surface area contributed by atoms with Crippen LogP contribution in [0.4, 0.5) is 0 Å². The summed E-state index contributed by atoms with van der Waals surface area (Å²) >= 11 is 0. The number of aryl methyl sites for hydroxylation is 2. The number of benzene rings is 1. The van der Waals surface area contributed by atoms with Gasteiger partial charge < -0.3 is 10.2 Å². The van der Waals surface area contributed by atoms with E-state index < -0.39 is 0 Å². The smallest absolute Gasteiger partial charge is 0.160 e. The van der Waals surface area contributed by atoms with Crippen LogP contribution in [0.25, 0.3) is 0 Å². The molecule has 0 radical (unpaired) electrons. The minimum Gasteiger partial charge on any atom is -0.504 e. The third-order valence-electron chi connectivity index (χ3n) is 2.49. The first-order valence-corrected chi connectivity index (χ1v) is 5.17. The Morgan fingerprint density at radius 1 is 1.07 bits per heavy atom. The largest absolute Gasteiger partial charge is 0.504 e. The van der Waals surface area contributed by atoms with Crippen molar-refractivity contribution < 1.29 is 10.2 Å². The fourth-order valence-electron chi connectivity index (χ4n) is 1.49. The average molecular weight is 194 g/mol. The minimum absolute atomic E-state index is 0.0269. The zero-order valence-electron chi connectivity index (χ0n) is 8.88. The summed E-state index contributed by atoms with van der Waals surface area (Å²) < 4.78 is 0. The zero-order chi connectivity index (χ0) is 10.6. The van der Waals surface area contributed by atoms with E-state index in [9.17, 15) is 10.2 Å². The highest BCUT2D eigenvalue weighted by Gasteiger charge is 2.07. The Hall–Kier alpha value is -1.18. The molecule has 2 nitrogen and oxygen atoms in total. The number of phenols is 2. The molecule has 0 heterocycles. The third kappa shape index (κ3) is 2.41. The molecule has 0 aliphatic rings. The van der Waals surface area contributed by atoms with Gasteiger partial charge in [-0.15, -0.1) is 0 Å². The second kappa shape index (κ2) is 4.89. The van der Waals surface area contributed by atoms with Crippen LogP contribution in [-0.2, 0) is 6.42 Å². The van der Waals surface area contributed by atoms with Crippen LogP contribution in [-0.4, -0.2) is 10.2 Å². The molecule has 0 amide bonds. The summed E-state index contributed by atoms with van der Waals surface area (Å²) in [5.41, 5.74) is 1.57. The molecule has 0 fully saturated rings. The number of hydrogen-bond donors (Lipinski definition) is 2.